The van der Waals surface area contributed by atoms with E-state index < -0.39 is 0 Å². The minimum absolute atomic E-state index is 0.293. The van der Waals surface area contributed by atoms with Gasteiger partial charge in [0.15, 0.2) is 0 Å². The van der Waals surface area contributed by atoms with Crippen LogP contribution in [0, 0.1) is 0 Å². The van der Waals surface area contributed by atoms with Gasteiger partial charge in [0.05, 0.1) is 0 Å². The highest BCUT2D eigenvalue weighted by molar-refractivity contribution is 6.18. The molecule has 0 aliphatic heterocycles. The molecule has 1 rings (SSSR count). The first kappa shape index (κ1) is 10.1. The molecule has 0 atom stereocenters. The zero-order valence-electron chi connectivity index (χ0n) is 7.20. The van der Waals surface area contributed by atoms with E-state index in [2.05, 4.69) is 0 Å². The van der Waals surface area contributed by atoms with E-state index in [1.165, 1.54) is 6.07 Å². The fourth-order valence-corrected chi connectivity index (χ4v) is 1.10. The average molecular weight is 199 g/mol. The van der Waals surface area contributed by atoms with Gasteiger partial charge in [0.25, 0.3) is 0 Å². The van der Waals surface area contributed by atoms with E-state index in [0.717, 1.165) is 12.8 Å². The van der Waals surface area contributed by atoms with Crippen LogP contribution in [0.4, 0.5) is 0 Å². The molecule has 0 N–H and O–H groups in total. The van der Waals surface area contributed by atoms with Crippen molar-refractivity contribution in [3.63, 3.8) is 0 Å². The summed E-state index contributed by atoms with van der Waals surface area (Å²) in [6.45, 7) is 0. The van der Waals surface area contributed by atoms with Gasteiger partial charge in [0, 0.05) is 18.4 Å². The highest BCUT2D eigenvalue weighted by atomic mass is 35.5. The number of halogens is 1. The summed E-state index contributed by atoms with van der Waals surface area (Å²) in [6, 6.07) is 4.90. The molecule has 0 spiro atoms. The summed E-state index contributed by atoms with van der Waals surface area (Å²) >= 11 is 5.45. The molecule has 1 heterocycles. The molecule has 1 aromatic rings. The maximum absolute atomic E-state index is 10.8. The minimum Gasteiger partial charge on any atom is -0.428 e. The van der Waals surface area contributed by atoms with E-state index in [-0.39, 0.29) is 5.63 Å². The van der Waals surface area contributed by atoms with Gasteiger partial charge in [-0.25, -0.2) is 4.79 Å². The first-order chi connectivity index (χ1) is 6.33. The molecule has 0 saturated heterocycles. The Morgan fingerprint density at radius 2 is 2.23 bits per heavy atom. The second-order valence-electron chi connectivity index (χ2n) is 2.58. The Hall–Kier alpha value is -1.02. The molecule has 0 radical (unpaired) electrons. The van der Waals surface area contributed by atoms with Crippen molar-refractivity contribution in [2.24, 2.45) is 0 Å². The quantitative estimate of drug-likeness (QED) is 0.549. The summed E-state index contributed by atoms with van der Waals surface area (Å²) in [5.74, 6) is 1.24. The normalized spacial score (nSPS) is 10.8. The second-order valence-corrected chi connectivity index (χ2v) is 2.89. The summed E-state index contributed by atoms with van der Waals surface area (Å²) in [7, 11) is 0. The Balaban J connectivity index is 2.45. The van der Waals surface area contributed by atoms with Gasteiger partial charge in [-0.3, -0.25) is 0 Å². The van der Waals surface area contributed by atoms with Crippen molar-refractivity contribution >= 4 is 11.6 Å². The van der Waals surface area contributed by atoms with Gasteiger partial charge in [-0.05, 0) is 12.5 Å². The van der Waals surface area contributed by atoms with Crippen LogP contribution in [0.3, 0.4) is 0 Å². The van der Waals surface area contributed by atoms with Crippen LogP contribution >= 0.6 is 11.6 Å². The number of allylic oxidation sites excluding steroid dienone is 2. The van der Waals surface area contributed by atoms with E-state index in [1.807, 2.05) is 12.2 Å². The Bertz CT molecular complexity index is 328. The molecule has 0 bridgehead atoms. The average Bonchev–Trinajstić information content (AvgIpc) is 2.13. The van der Waals surface area contributed by atoms with Gasteiger partial charge in [0.1, 0.15) is 5.76 Å². The molecule has 0 saturated carbocycles. The number of aryl methyl sites for hydroxylation is 1. The molecule has 0 fully saturated rings. The molecule has 70 valence electrons. The van der Waals surface area contributed by atoms with E-state index >= 15 is 0 Å². The van der Waals surface area contributed by atoms with Gasteiger partial charge < -0.3 is 4.42 Å². The van der Waals surface area contributed by atoms with E-state index in [4.69, 9.17) is 16.0 Å². The molecule has 0 aromatic carbocycles. The van der Waals surface area contributed by atoms with Gasteiger partial charge >= 0.3 is 5.63 Å². The number of hydrogen-bond donors (Lipinski definition) is 0. The molecular weight excluding hydrogens is 188 g/mol. The van der Waals surface area contributed by atoms with Gasteiger partial charge in [-0.2, -0.15) is 0 Å². The molecule has 2 nitrogen and oxygen atoms in total. The highest BCUT2D eigenvalue weighted by Crippen LogP contribution is 2.00. The number of hydrogen-bond acceptors (Lipinski definition) is 2. The fraction of sp³-hybridized carbons (Fsp3) is 0.300. The van der Waals surface area contributed by atoms with E-state index in [0.29, 0.717) is 11.6 Å². The first-order valence-corrected chi connectivity index (χ1v) is 4.66. The van der Waals surface area contributed by atoms with Crippen LogP contribution in [0.25, 0.3) is 0 Å². The zero-order valence-corrected chi connectivity index (χ0v) is 7.96. The maximum Gasteiger partial charge on any atom is 0.335 e. The predicted octanol–water partition coefficient (Wildman–Crippen LogP) is 2.37. The molecule has 13 heavy (non-hydrogen) atoms. The van der Waals surface area contributed by atoms with Crippen molar-refractivity contribution in [3.05, 3.63) is 46.5 Å². The van der Waals surface area contributed by atoms with Crippen molar-refractivity contribution in [2.75, 3.05) is 5.88 Å². The predicted molar refractivity (Wildman–Crippen MR) is 53.2 cm³/mol. The second kappa shape index (κ2) is 5.60. The van der Waals surface area contributed by atoms with Gasteiger partial charge in [-0.1, -0.05) is 18.2 Å². The number of alkyl halides is 1. The van der Waals surface area contributed by atoms with Crippen LogP contribution in [0.15, 0.2) is 39.6 Å². The standard InChI is InChI=1S/C10H11ClO2/c11-8-3-1-2-5-9-6-4-7-10(12)13-9/h1,3-4,6-7H,2,5,8H2/b3-1+. The minimum atomic E-state index is -0.293. The van der Waals surface area contributed by atoms with E-state index in [9.17, 15) is 4.79 Å². The lowest BCUT2D eigenvalue weighted by Crippen LogP contribution is -1.97. The molecule has 0 aliphatic carbocycles. The van der Waals surface area contributed by atoms with Crippen molar-refractivity contribution in [1.82, 2.24) is 0 Å². The lowest BCUT2D eigenvalue weighted by atomic mass is 10.2. The van der Waals surface area contributed by atoms with Crippen LogP contribution in [-0.2, 0) is 6.42 Å². The lowest BCUT2D eigenvalue weighted by molar-refractivity contribution is 0.460. The Morgan fingerprint density at radius 1 is 1.38 bits per heavy atom. The van der Waals surface area contributed by atoms with Crippen LogP contribution < -0.4 is 5.63 Å². The van der Waals surface area contributed by atoms with Crippen LogP contribution in [-0.4, -0.2) is 5.88 Å². The molecule has 0 aliphatic rings. The highest BCUT2D eigenvalue weighted by Gasteiger charge is 1.93. The third-order valence-corrected chi connectivity index (χ3v) is 1.74. The summed E-state index contributed by atoms with van der Waals surface area (Å²) in [4.78, 5) is 10.8. The third-order valence-electron chi connectivity index (χ3n) is 1.56. The summed E-state index contributed by atoms with van der Waals surface area (Å²) in [6.07, 6.45) is 5.44. The first-order valence-electron chi connectivity index (χ1n) is 4.13. The fourth-order valence-electron chi connectivity index (χ4n) is 0.972. The Labute approximate surface area is 81.8 Å². The third kappa shape index (κ3) is 3.95. The lowest BCUT2D eigenvalue weighted by Gasteiger charge is -1.94. The van der Waals surface area contributed by atoms with Crippen LogP contribution in [0.1, 0.15) is 12.2 Å². The SMILES string of the molecule is O=c1cccc(CC/C=C/CCl)o1. The van der Waals surface area contributed by atoms with Crippen LogP contribution in [0.2, 0.25) is 0 Å². The summed E-state index contributed by atoms with van der Waals surface area (Å²) < 4.78 is 4.94. The number of rotatable bonds is 4. The molecule has 1 aromatic heterocycles. The Morgan fingerprint density at radius 3 is 2.92 bits per heavy atom. The van der Waals surface area contributed by atoms with Crippen molar-refractivity contribution < 1.29 is 4.42 Å². The maximum atomic E-state index is 10.8. The smallest absolute Gasteiger partial charge is 0.335 e. The van der Waals surface area contributed by atoms with E-state index in [1.54, 1.807) is 12.1 Å². The molecule has 3 heteroatoms. The molecule has 0 amide bonds. The van der Waals surface area contributed by atoms with Gasteiger partial charge in [0.2, 0.25) is 0 Å². The zero-order chi connectivity index (χ0) is 9.52. The monoisotopic (exact) mass is 198 g/mol. The summed E-state index contributed by atoms with van der Waals surface area (Å²) in [5.41, 5.74) is -0.293. The van der Waals surface area contributed by atoms with Crippen molar-refractivity contribution in [1.29, 1.82) is 0 Å². The topological polar surface area (TPSA) is 30.2 Å². The van der Waals surface area contributed by atoms with Crippen molar-refractivity contribution in [3.8, 4) is 0 Å². The molecular formula is C10H11ClO2. The largest absolute Gasteiger partial charge is 0.428 e. The summed E-state index contributed by atoms with van der Waals surface area (Å²) in [5, 5.41) is 0. The Kier molecular flexibility index (Phi) is 4.33. The van der Waals surface area contributed by atoms with Crippen LogP contribution in [0.5, 0.6) is 0 Å². The molecule has 0 unspecified atom stereocenters. The van der Waals surface area contributed by atoms with Gasteiger partial charge in [-0.15, -0.1) is 11.6 Å². The van der Waals surface area contributed by atoms with Crippen molar-refractivity contribution in [2.45, 2.75) is 12.8 Å².